The summed E-state index contributed by atoms with van der Waals surface area (Å²) >= 11 is 0. The second-order valence-corrected chi connectivity index (χ2v) is 15.3. The molecule has 0 amide bonds. The summed E-state index contributed by atoms with van der Waals surface area (Å²) in [6.07, 6.45) is -15.2. The smallest absolute Gasteiger partial charge is 0.452 e. The summed E-state index contributed by atoms with van der Waals surface area (Å²) in [7, 11) is 5.73. The van der Waals surface area contributed by atoms with E-state index in [1.807, 2.05) is 0 Å². The van der Waals surface area contributed by atoms with E-state index in [0.717, 1.165) is 9.13 Å². The fourth-order valence-electron chi connectivity index (χ4n) is 8.24. The number of para-hydroxylation sites is 2. The Morgan fingerprint density at radius 1 is 0.583 bits per heavy atom. The van der Waals surface area contributed by atoms with Crippen LogP contribution in [0.2, 0.25) is 0 Å². The highest BCUT2D eigenvalue weighted by molar-refractivity contribution is 5.71. The molecule has 0 spiro atoms. The average molecular weight is 1000 g/mol. The van der Waals surface area contributed by atoms with E-state index < -0.39 is 73.2 Å². The van der Waals surface area contributed by atoms with Crippen molar-refractivity contribution < 1.29 is 73.8 Å². The van der Waals surface area contributed by atoms with Gasteiger partial charge in [0, 0.05) is 11.1 Å². The fraction of sp³-hybridized carbons (Fsp3) is 0.333. The highest BCUT2D eigenvalue weighted by atomic mass is 19.4. The highest BCUT2D eigenvalue weighted by Crippen LogP contribution is 2.50. The molecule has 376 valence electrons. The van der Waals surface area contributed by atoms with Crippen LogP contribution in [0.15, 0.2) is 72.8 Å². The van der Waals surface area contributed by atoms with Gasteiger partial charge in [0.25, 0.3) is 0 Å². The van der Waals surface area contributed by atoms with Crippen molar-refractivity contribution in [3.63, 3.8) is 0 Å². The van der Waals surface area contributed by atoms with Crippen molar-refractivity contribution in [1.82, 2.24) is 29.5 Å². The Morgan fingerprint density at radius 3 is 1.29 bits per heavy atom. The van der Waals surface area contributed by atoms with Gasteiger partial charge in [0.1, 0.15) is 24.4 Å². The summed E-state index contributed by atoms with van der Waals surface area (Å²) in [6.45, 7) is 18.2. The van der Waals surface area contributed by atoms with Crippen molar-refractivity contribution in [1.29, 1.82) is 0 Å². The van der Waals surface area contributed by atoms with Gasteiger partial charge in [0.05, 0.1) is 79.0 Å². The van der Waals surface area contributed by atoms with Crippen molar-refractivity contribution in [2.24, 2.45) is 0 Å². The lowest BCUT2D eigenvalue weighted by atomic mass is 9.97. The number of benzene rings is 4. The van der Waals surface area contributed by atoms with Crippen LogP contribution in [-0.2, 0) is 40.9 Å². The lowest BCUT2D eigenvalue weighted by molar-refractivity contribution is -0.149. The Kier molecular flexibility index (Phi) is 15.4. The monoisotopic (exact) mass is 1000 g/mol. The first kappa shape index (κ1) is 51.6. The maximum atomic E-state index is 14.0. The molecule has 0 bridgehead atoms. The van der Waals surface area contributed by atoms with Crippen LogP contribution in [0.25, 0.3) is 21.1 Å². The number of halogens is 6. The van der Waals surface area contributed by atoms with Gasteiger partial charge in [-0.05, 0) is 61.4 Å². The highest BCUT2D eigenvalue weighted by Gasteiger charge is 2.46. The third kappa shape index (κ3) is 10.2. The van der Waals surface area contributed by atoms with Crippen LogP contribution in [0.3, 0.4) is 0 Å². The molecule has 4 aromatic carbocycles. The SMILES string of the molecule is [C-]#[N+]c1ccc2c(c1)[C@@H](c1cccc(OC)c1OC)O[C@H](CC(=O)OCC)c1nnc(C(F)(F)F)n1-2.[C-]#[N+]c1ccc2c(c1)[C@H](c1cccc(OC)c1OC)O[C@@H](CC(=O)OCC)c1nnc(C(F)(F)F)n1-2. The third-order valence-electron chi connectivity index (χ3n) is 11.1. The van der Waals surface area contributed by atoms with Gasteiger partial charge in [0.15, 0.2) is 46.0 Å². The number of carbonyl (C=O) groups excluding carboxylic acids is 2. The molecule has 0 N–H and O–H groups in total. The molecule has 4 atom stereocenters. The van der Waals surface area contributed by atoms with Crippen LogP contribution < -0.4 is 18.9 Å². The molecule has 2 aromatic heterocycles. The van der Waals surface area contributed by atoms with Crippen molar-refractivity contribution in [2.45, 2.75) is 63.5 Å². The fourth-order valence-corrected chi connectivity index (χ4v) is 8.24. The summed E-state index contributed by atoms with van der Waals surface area (Å²) in [5, 5.41) is 14.3. The summed E-state index contributed by atoms with van der Waals surface area (Å²) in [5.41, 5.74) is 1.75. The minimum atomic E-state index is -4.86. The number of alkyl halides is 6. The predicted octanol–water partition coefficient (Wildman–Crippen LogP) is 9.94. The first-order valence-corrected chi connectivity index (χ1v) is 21.6. The minimum Gasteiger partial charge on any atom is -0.493 e. The molecule has 2 aliphatic heterocycles. The van der Waals surface area contributed by atoms with Crippen molar-refractivity contribution >= 4 is 23.3 Å². The number of esters is 2. The molecule has 18 nitrogen and oxygen atoms in total. The number of fused-ring (bicyclic) bond motifs is 6. The van der Waals surface area contributed by atoms with Gasteiger partial charge in [-0.25, -0.2) is 9.69 Å². The van der Waals surface area contributed by atoms with E-state index in [4.69, 9.17) is 51.0 Å². The third-order valence-corrected chi connectivity index (χ3v) is 11.1. The topological polar surface area (TPSA) is 178 Å². The number of methoxy groups -OCH3 is 4. The zero-order valence-corrected chi connectivity index (χ0v) is 39.0. The summed E-state index contributed by atoms with van der Waals surface area (Å²) in [6, 6.07) is 18.4. The Labute approximate surface area is 406 Å². The van der Waals surface area contributed by atoms with E-state index in [1.165, 1.54) is 64.8 Å². The van der Waals surface area contributed by atoms with Crippen molar-refractivity contribution in [2.75, 3.05) is 41.7 Å². The normalized spacial score (nSPS) is 16.8. The number of hydrogen-bond acceptors (Lipinski definition) is 14. The largest absolute Gasteiger partial charge is 0.493 e. The molecule has 2 aliphatic rings. The molecule has 0 radical (unpaired) electrons. The van der Waals surface area contributed by atoms with Gasteiger partial charge < -0.3 is 37.9 Å². The van der Waals surface area contributed by atoms with Crippen LogP contribution in [0.4, 0.5) is 37.7 Å². The maximum Gasteiger partial charge on any atom is 0.452 e. The molecular weight excluding hydrogens is 963 g/mol. The van der Waals surface area contributed by atoms with Gasteiger partial charge in [-0.2, -0.15) is 26.3 Å². The van der Waals surface area contributed by atoms with Crippen molar-refractivity contribution in [3.8, 4) is 34.4 Å². The maximum absolute atomic E-state index is 14.0. The quantitative estimate of drug-likeness (QED) is 0.0642. The number of ether oxygens (including phenoxy) is 8. The van der Waals surface area contributed by atoms with E-state index >= 15 is 0 Å². The van der Waals surface area contributed by atoms with Gasteiger partial charge in [-0.1, -0.05) is 36.4 Å². The average Bonchev–Trinajstić information content (AvgIpc) is 3.97. The second-order valence-electron chi connectivity index (χ2n) is 15.3. The van der Waals surface area contributed by atoms with E-state index in [2.05, 4.69) is 30.1 Å². The van der Waals surface area contributed by atoms with Crippen LogP contribution in [-0.4, -0.2) is 83.1 Å². The number of nitrogens with zero attached hydrogens (tertiary/aromatic N) is 8. The first-order chi connectivity index (χ1) is 34.5. The molecule has 0 saturated heterocycles. The zero-order valence-electron chi connectivity index (χ0n) is 39.0. The Balaban J connectivity index is 0.000000211. The van der Waals surface area contributed by atoms with E-state index in [1.54, 1.807) is 50.2 Å². The molecule has 0 fully saturated rings. The Bertz CT molecular complexity index is 2870. The van der Waals surface area contributed by atoms with Crippen LogP contribution >= 0.6 is 0 Å². The van der Waals surface area contributed by atoms with Gasteiger partial charge >= 0.3 is 24.3 Å². The molecule has 0 unspecified atom stereocenters. The van der Waals surface area contributed by atoms with Crippen molar-refractivity contribution in [3.05, 3.63) is 141 Å². The molecule has 0 saturated carbocycles. The number of aromatic nitrogens is 6. The molecular formula is C48H42F6N8O10. The zero-order chi connectivity index (χ0) is 52.1. The standard InChI is InChI=1S/2C24H21F3N4O5/c2*1-5-35-19(32)12-18-22-29-30-23(24(25,26)27)31(22)16-10-9-13(28-2)11-15(16)20(36-18)14-7-6-8-17(33-3)21(14)34-4/h2*6-11,18,20H,5,12H2,1,3-4H3/t2*18-,20-/m10/s1. The molecule has 6 aromatic rings. The lowest BCUT2D eigenvalue weighted by Gasteiger charge is -2.24. The van der Waals surface area contributed by atoms with Crippen LogP contribution in [0, 0.1) is 13.1 Å². The van der Waals surface area contributed by atoms with Crippen LogP contribution in [0.5, 0.6) is 23.0 Å². The molecule has 4 heterocycles. The molecule has 24 heteroatoms. The minimum absolute atomic E-state index is 0.0518. The molecule has 0 aliphatic carbocycles. The number of rotatable bonds is 12. The lowest BCUT2D eigenvalue weighted by Crippen LogP contribution is -2.18. The molecule has 8 rings (SSSR count). The molecule has 72 heavy (non-hydrogen) atoms. The first-order valence-electron chi connectivity index (χ1n) is 21.6. The summed E-state index contributed by atoms with van der Waals surface area (Å²) in [4.78, 5) is 31.7. The van der Waals surface area contributed by atoms with Gasteiger partial charge in [-0.3, -0.25) is 18.7 Å². The Hall–Kier alpha value is -8.22. The predicted molar refractivity (Wildman–Crippen MR) is 238 cm³/mol. The van der Waals surface area contributed by atoms with E-state index in [9.17, 15) is 35.9 Å². The van der Waals surface area contributed by atoms with Gasteiger partial charge in [0.2, 0.25) is 11.6 Å². The Morgan fingerprint density at radius 2 is 0.972 bits per heavy atom. The van der Waals surface area contributed by atoms with E-state index in [-0.39, 0.29) is 70.2 Å². The number of carbonyl (C=O) groups is 2. The van der Waals surface area contributed by atoms with Crippen LogP contribution in [0.1, 0.15) is 96.7 Å². The van der Waals surface area contributed by atoms with E-state index in [0.29, 0.717) is 22.6 Å². The summed E-state index contributed by atoms with van der Waals surface area (Å²) < 4.78 is 130. The second kappa shape index (κ2) is 21.4. The number of hydrogen-bond donors (Lipinski definition) is 0. The van der Waals surface area contributed by atoms with Gasteiger partial charge in [-0.15, -0.1) is 20.4 Å². The summed E-state index contributed by atoms with van der Waals surface area (Å²) in [5.74, 6) is -3.10.